The van der Waals surface area contributed by atoms with E-state index in [-0.39, 0.29) is 12.3 Å². The molecule has 0 radical (unpaired) electrons. The highest BCUT2D eigenvalue weighted by molar-refractivity contribution is 6.31. The minimum atomic E-state index is -0.0715. The molecule has 0 saturated carbocycles. The molecule has 2 N–H and O–H groups in total. The summed E-state index contributed by atoms with van der Waals surface area (Å²) >= 11 is 6.07. The van der Waals surface area contributed by atoms with Crippen molar-refractivity contribution in [3.8, 4) is 5.82 Å². The molecule has 0 spiro atoms. The number of carbonyl (C=O) groups is 1. The van der Waals surface area contributed by atoms with Crippen LogP contribution in [0.5, 0.6) is 0 Å². The molecule has 140 valence electrons. The molecule has 2 aromatic heterocycles. The van der Waals surface area contributed by atoms with Crippen LogP contribution in [-0.2, 0) is 11.2 Å². The summed E-state index contributed by atoms with van der Waals surface area (Å²) in [4.78, 5) is 24.8. The second-order valence-electron chi connectivity index (χ2n) is 6.09. The number of benzene rings is 1. The molecule has 0 atom stereocenters. The molecule has 0 aliphatic carbocycles. The number of halogens is 1. The van der Waals surface area contributed by atoms with Crippen LogP contribution in [-0.4, -0.2) is 38.5 Å². The summed E-state index contributed by atoms with van der Waals surface area (Å²) in [7, 11) is 0. The molecular weight excluding hydrogens is 364 g/mol. The van der Waals surface area contributed by atoms with Gasteiger partial charge in [-0.15, -0.1) is 0 Å². The zero-order chi connectivity index (χ0) is 19.2. The average Bonchev–Trinajstić information content (AvgIpc) is 3.00. The number of amides is 1. The number of hydrogen-bond acceptors (Lipinski definition) is 5. The zero-order valence-corrected chi connectivity index (χ0v) is 16.0. The summed E-state index contributed by atoms with van der Waals surface area (Å²) in [6.45, 7) is 4.97. The maximum atomic E-state index is 12.0. The minimum absolute atomic E-state index is 0.0715. The molecule has 27 heavy (non-hydrogen) atoms. The first kappa shape index (κ1) is 18.8. The largest absolute Gasteiger partial charge is 0.368 e. The van der Waals surface area contributed by atoms with Crippen LogP contribution in [0.2, 0.25) is 5.02 Å². The van der Waals surface area contributed by atoms with Crippen LogP contribution in [0.4, 0.5) is 5.82 Å². The molecule has 7 nitrogen and oxygen atoms in total. The maximum Gasteiger partial charge on any atom is 0.224 e. The Bertz CT molecular complexity index is 939. The predicted molar refractivity (Wildman–Crippen MR) is 105 cm³/mol. The first-order valence-corrected chi connectivity index (χ1v) is 8.99. The molecular formula is C19H21ClN6O. The number of anilines is 1. The van der Waals surface area contributed by atoms with Gasteiger partial charge in [-0.1, -0.05) is 29.8 Å². The van der Waals surface area contributed by atoms with Crippen LogP contribution in [0, 0.1) is 13.8 Å². The zero-order valence-electron chi connectivity index (χ0n) is 15.2. The summed E-state index contributed by atoms with van der Waals surface area (Å²) in [6.07, 6.45) is 3.50. The Kier molecular flexibility index (Phi) is 6.03. The third-order valence-corrected chi connectivity index (χ3v) is 4.58. The molecule has 3 aromatic rings. The minimum Gasteiger partial charge on any atom is -0.368 e. The first-order chi connectivity index (χ1) is 13.0. The smallest absolute Gasteiger partial charge is 0.224 e. The molecule has 0 bridgehead atoms. The predicted octanol–water partition coefficient (Wildman–Crippen LogP) is 2.70. The Morgan fingerprint density at radius 3 is 2.70 bits per heavy atom. The van der Waals surface area contributed by atoms with Crippen molar-refractivity contribution in [2.75, 3.05) is 18.4 Å². The van der Waals surface area contributed by atoms with E-state index in [4.69, 9.17) is 11.6 Å². The number of carbonyl (C=O) groups excluding carboxylic acids is 1. The fourth-order valence-corrected chi connectivity index (χ4v) is 2.78. The number of hydrogen-bond donors (Lipinski definition) is 2. The summed E-state index contributed by atoms with van der Waals surface area (Å²) in [5.41, 5.74) is 2.81. The number of aromatic nitrogens is 4. The van der Waals surface area contributed by atoms with E-state index in [1.807, 2.05) is 42.7 Å². The van der Waals surface area contributed by atoms with Crippen molar-refractivity contribution in [1.82, 2.24) is 24.8 Å². The lowest BCUT2D eigenvalue weighted by molar-refractivity contribution is -0.120. The fourth-order valence-electron chi connectivity index (χ4n) is 2.57. The van der Waals surface area contributed by atoms with Crippen molar-refractivity contribution in [3.63, 3.8) is 0 Å². The SMILES string of the molecule is Cc1ncn(-c2cc(NCCNC(=O)Cc3ccccc3Cl)ncn2)c1C. The normalized spacial score (nSPS) is 10.6. The number of imidazole rings is 1. The Hall–Kier alpha value is -2.93. The molecule has 0 aliphatic rings. The highest BCUT2D eigenvalue weighted by Gasteiger charge is 2.08. The van der Waals surface area contributed by atoms with Crippen molar-refractivity contribution >= 4 is 23.3 Å². The summed E-state index contributed by atoms with van der Waals surface area (Å²) in [5, 5.41) is 6.66. The second-order valence-corrected chi connectivity index (χ2v) is 6.50. The Labute approximate surface area is 162 Å². The van der Waals surface area contributed by atoms with E-state index in [1.165, 1.54) is 6.33 Å². The van der Waals surface area contributed by atoms with Crippen LogP contribution >= 0.6 is 11.6 Å². The molecule has 1 aromatic carbocycles. The Balaban J connectivity index is 1.49. The molecule has 2 heterocycles. The summed E-state index contributed by atoms with van der Waals surface area (Å²) < 4.78 is 1.91. The van der Waals surface area contributed by atoms with Gasteiger partial charge in [-0.2, -0.15) is 0 Å². The van der Waals surface area contributed by atoms with Gasteiger partial charge < -0.3 is 10.6 Å². The fraction of sp³-hybridized carbons (Fsp3) is 0.263. The van der Waals surface area contributed by atoms with Crippen LogP contribution in [0.1, 0.15) is 17.0 Å². The van der Waals surface area contributed by atoms with Crippen molar-refractivity contribution < 1.29 is 4.79 Å². The Morgan fingerprint density at radius 1 is 1.15 bits per heavy atom. The van der Waals surface area contributed by atoms with Crippen molar-refractivity contribution in [3.05, 3.63) is 65.0 Å². The molecule has 8 heteroatoms. The van der Waals surface area contributed by atoms with Crippen LogP contribution in [0.3, 0.4) is 0 Å². The van der Waals surface area contributed by atoms with Gasteiger partial charge in [0.25, 0.3) is 0 Å². The number of aryl methyl sites for hydroxylation is 1. The van der Waals surface area contributed by atoms with Gasteiger partial charge in [0.05, 0.1) is 12.1 Å². The highest BCUT2D eigenvalue weighted by Crippen LogP contribution is 2.15. The van der Waals surface area contributed by atoms with Gasteiger partial charge in [0.1, 0.15) is 24.3 Å². The van der Waals surface area contributed by atoms with E-state index in [9.17, 15) is 4.79 Å². The monoisotopic (exact) mass is 384 g/mol. The molecule has 0 unspecified atom stereocenters. The highest BCUT2D eigenvalue weighted by atomic mass is 35.5. The summed E-state index contributed by atoms with van der Waals surface area (Å²) in [5.74, 6) is 1.36. The second kappa shape index (κ2) is 8.64. The lowest BCUT2D eigenvalue weighted by atomic mass is 10.1. The van der Waals surface area contributed by atoms with E-state index < -0.39 is 0 Å². The van der Waals surface area contributed by atoms with Crippen LogP contribution in [0.25, 0.3) is 5.82 Å². The van der Waals surface area contributed by atoms with E-state index in [0.29, 0.717) is 23.9 Å². The van der Waals surface area contributed by atoms with E-state index in [2.05, 4.69) is 25.6 Å². The standard InChI is InChI=1S/C19H21ClN6O/c1-13-14(2)26(12-25-13)18-10-17(23-11-24-18)21-7-8-22-19(27)9-15-5-3-4-6-16(15)20/h3-6,10-12H,7-9H2,1-2H3,(H,22,27)(H,21,23,24). The third-order valence-electron chi connectivity index (χ3n) is 4.21. The van der Waals surface area contributed by atoms with Crippen LogP contribution in [0.15, 0.2) is 43.0 Å². The topological polar surface area (TPSA) is 84.7 Å². The van der Waals surface area contributed by atoms with Gasteiger partial charge in [-0.05, 0) is 25.5 Å². The third kappa shape index (κ3) is 4.83. The molecule has 0 saturated heterocycles. The van der Waals surface area contributed by atoms with E-state index >= 15 is 0 Å². The van der Waals surface area contributed by atoms with Gasteiger partial charge in [0, 0.05) is 29.9 Å². The van der Waals surface area contributed by atoms with Crippen molar-refractivity contribution in [2.24, 2.45) is 0 Å². The van der Waals surface area contributed by atoms with Gasteiger partial charge in [-0.3, -0.25) is 9.36 Å². The molecule has 0 fully saturated rings. The maximum absolute atomic E-state index is 12.0. The molecule has 0 aliphatic heterocycles. The number of nitrogens with one attached hydrogen (secondary N) is 2. The first-order valence-electron chi connectivity index (χ1n) is 8.61. The molecule has 1 amide bonds. The van der Waals surface area contributed by atoms with E-state index in [1.54, 1.807) is 12.4 Å². The lowest BCUT2D eigenvalue weighted by Crippen LogP contribution is -2.30. The number of nitrogens with zero attached hydrogens (tertiary/aromatic N) is 4. The van der Waals surface area contributed by atoms with Gasteiger partial charge in [0.15, 0.2) is 0 Å². The Morgan fingerprint density at radius 2 is 1.96 bits per heavy atom. The van der Waals surface area contributed by atoms with Crippen LogP contribution < -0.4 is 10.6 Å². The average molecular weight is 385 g/mol. The van der Waals surface area contributed by atoms with Gasteiger partial charge >= 0.3 is 0 Å². The van der Waals surface area contributed by atoms with Crippen molar-refractivity contribution in [1.29, 1.82) is 0 Å². The van der Waals surface area contributed by atoms with Gasteiger partial charge in [0.2, 0.25) is 5.91 Å². The quantitative estimate of drug-likeness (QED) is 0.612. The van der Waals surface area contributed by atoms with Gasteiger partial charge in [-0.25, -0.2) is 15.0 Å². The summed E-state index contributed by atoms with van der Waals surface area (Å²) in [6, 6.07) is 9.19. The molecule has 3 rings (SSSR count). The lowest BCUT2D eigenvalue weighted by Gasteiger charge is -2.10. The van der Waals surface area contributed by atoms with E-state index in [0.717, 1.165) is 22.8 Å². The van der Waals surface area contributed by atoms with Crippen molar-refractivity contribution in [2.45, 2.75) is 20.3 Å². The number of rotatable bonds is 7.